The van der Waals surface area contributed by atoms with Gasteiger partial charge in [-0.2, -0.15) is 0 Å². The molecular formula is C56H78ClN9O11S. The van der Waals surface area contributed by atoms with E-state index in [2.05, 4.69) is 26.3 Å². The molecule has 3 saturated heterocycles. The monoisotopic (exact) mass is 1120 g/mol. The van der Waals surface area contributed by atoms with Crippen LogP contribution in [0.4, 0.5) is 4.79 Å². The first kappa shape index (κ1) is 60.9. The molecule has 0 aliphatic carbocycles. The standard InChI is InChI=1S/C56H78ClN9O11S/c1-31-24-37(12-11-13-46(70)63-49(55(5,6)7)53(74)65-27-40(68)26-43(65)51(72)60-32(2)35-14-16-36(17-15-35)48-33(3)59-30-78-48)47(57)44(25-31)76-29-38(18-21-45(58)69)61-50(71)42-20-19-39-22-23-64(34(4)67)28-41(52(73)66(39)42)62-54(75)77-56(8,9)10/h14-17,24-25,30,32,38-43,49,68H,11-13,18-23,26-29H2,1-10H3,(H2,58,69)(H,60,72)(H,61,71)(H,62,75)(H,63,70)/t32-,38-,39+,40+,41?,42-,43-,49?/m0/s1. The maximum absolute atomic E-state index is 14.3. The first-order chi connectivity index (χ1) is 36.6. The molecule has 4 heterocycles. The molecule has 2 aromatic carbocycles. The second-order valence-electron chi connectivity index (χ2n) is 22.9. The largest absolute Gasteiger partial charge is 0.490 e. The van der Waals surface area contributed by atoms with E-state index in [1.807, 2.05) is 71.9 Å². The molecule has 8 atom stereocenters. The Bertz CT molecular complexity index is 2690. The van der Waals surface area contributed by atoms with Crippen LogP contribution in [0.3, 0.4) is 0 Å². The van der Waals surface area contributed by atoms with Gasteiger partial charge in [-0.1, -0.05) is 62.7 Å². The SMILES string of the molecule is CC(=O)N1CC[C@H]2CC[C@@H](C(=O)N[C@@H](CCC(N)=O)COc3cc(C)cc(CCCC(=O)NC(C(=O)N4C[C@H](O)C[C@H]4C(=O)N[C@@H](C)c4ccc(-c5scnc5C)cc4)C(C)(C)C)c3Cl)N2C(=O)C(NC(=O)OC(C)(C)C)C1. The molecule has 0 spiro atoms. The molecule has 6 rings (SSSR count). The predicted molar refractivity (Wildman–Crippen MR) is 295 cm³/mol. The lowest BCUT2D eigenvalue weighted by Crippen LogP contribution is -2.61. The zero-order valence-electron chi connectivity index (χ0n) is 46.5. The fourth-order valence-electron chi connectivity index (χ4n) is 10.3. The van der Waals surface area contributed by atoms with Crippen molar-refractivity contribution in [2.45, 2.75) is 181 Å². The van der Waals surface area contributed by atoms with Gasteiger partial charge < -0.3 is 56.3 Å². The molecule has 3 aliphatic rings. The number of likely N-dealkylation sites (tertiary alicyclic amines) is 1. The van der Waals surface area contributed by atoms with Gasteiger partial charge >= 0.3 is 6.09 Å². The highest BCUT2D eigenvalue weighted by molar-refractivity contribution is 7.13. The molecule has 0 saturated carbocycles. The number of rotatable bonds is 19. The number of nitrogens with two attached hydrogens (primary N) is 1. The maximum atomic E-state index is 14.3. The van der Waals surface area contributed by atoms with Gasteiger partial charge in [0.1, 0.15) is 42.1 Å². The fourth-order valence-corrected chi connectivity index (χ4v) is 11.3. The molecule has 3 aromatic rings. The van der Waals surface area contributed by atoms with E-state index in [1.165, 1.54) is 21.6 Å². The minimum absolute atomic E-state index is 0.0291. The summed E-state index contributed by atoms with van der Waals surface area (Å²) in [5, 5.41) is 22.6. The Labute approximate surface area is 466 Å². The number of halogens is 1. The number of aliphatic hydroxyl groups excluding tert-OH is 1. The van der Waals surface area contributed by atoms with Crippen LogP contribution in [0.2, 0.25) is 5.02 Å². The maximum Gasteiger partial charge on any atom is 0.408 e. The Morgan fingerprint density at radius 3 is 2.24 bits per heavy atom. The number of ether oxygens (including phenoxy) is 2. The Hall–Kier alpha value is -6.32. The highest BCUT2D eigenvalue weighted by atomic mass is 35.5. The average Bonchev–Trinajstić information content (AvgIpc) is 4.11. The summed E-state index contributed by atoms with van der Waals surface area (Å²) < 4.78 is 11.7. The van der Waals surface area contributed by atoms with Gasteiger partial charge in [-0.05, 0) is 114 Å². The molecule has 426 valence electrons. The zero-order chi connectivity index (χ0) is 57.4. The molecule has 2 unspecified atom stereocenters. The molecule has 8 amide bonds. The smallest absolute Gasteiger partial charge is 0.408 e. The molecule has 0 bridgehead atoms. The van der Waals surface area contributed by atoms with E-state index in [9.17, 15) is 43.5 Å². The summed E-state index contributed by atoms with van der Waals surface area (Å²) >= 11 is 8.51. The molecule has 3 aliphatic heterocycles. The summed E-state index contributed by atoms with van der Waals surface area (Å²) in [6.45, 7) is 17.6. The van der Waals surface area contributed by atoms with E-state index in [1.54, 1.807) is 43.7 Å². The average molecular weight is 1120 g/mol. The van der Waals surface area contributed by atoms with Crippen molar-refractivity contribution in [2.24, 2.45) is 11.1 Å². The summed E-state index contributed by atoms with van der Waals surface area (Å²) in [5.74, 6) is -2.82. The normalized spacial score (nSPS) is 20.8. The topological polar surface area (TPSA) is 272 Å². The molecule has 78 heavy (non-hydrogen) atoms. The van der Waals surface area contributed by atoms with Crippen molar-refractivity contribution >= 4 is 70.4 Å². The number of fused-ring (bicyclic) bond motifs is 1. The number of aliphatic hydroxyl groups is 1. The van der Waals surface area contributed by atoms with E-state index in [-0.39, 0.29) is 68.3 Å². The number of carbonyl (C=O) groups excluding carboxylic acids is 8. The summed E-state index contributed by atoms with van der Waals surface area (Å²) in [7, 11) is 0. The number of primary amides is 1. The summed E-state index contributed by atoms with van der Waals surface area (Å²) in [5.41, 5.74) is 10.0. The quantitative estimate of drug-likeness (QED) is 0.0880. The Kier molecular flexibility index (Phi) is 20.4. The molecule has 7 N–H and O–H groups in total. The zero-order valence-corrected chi connectivity index (χ0v) is 48.1. The van der Waals surface area contributed by atoms with Gasteiger partial charge in [-0.25, -0.2) is 9.78 Å². The lowest BCUT2D eigenvalue weighted by atomic mass is 9.85. The van der Waals surface area contributed by atoms with E-state index < -0.39 is 89.0 Å². The van der Waals surface area contributed by atoms with Crippen molar-refractivity contribution in [3.05, 3.63) is 69.3 Å². The highest BCUT2D eigenvalue weighted by Crippen LogP contribution is 2.34. The van der Waals surface area contributed by atoms with Gasteiger partial charge in [0.25, 0.3) is 0 Å². The van der Waals surface area contributed by atoms with E-state index in [0.717, 1.165) is 27.3 Å². The number of nitrogens with zero attached hydrogens (tertiary/aromatic N) is 4. The predicted octanol–water partition coefficient (Wildman–Crippen LogP) is 5.41. The number of thiazole rings is 1. The van der Waals surface area contributed by atoms with Crippen molar-refractivity contribution < 1.29 is 52.9 Å². The number of aryl methyl sites for hydroxylation is 3. The summed E-state index contributed by atoms with van der Waals surface area (Å²) in [4.78, 5) is 117. The van der Waals surface area contributed by atoms with Crippen molar-refractivity contribution in [3.8, 4) is 16.2 Å². The number of alkyl carbamates (subject to hydrolysis) is 1. The Balaban J connectivity index is 1.06. The number of aromatic nitrogens is 1. The molecule has 0 radical (unpaired) electrons. The van der Waals surface area contributed by atoms with Crippen molar-refractivity contribution in [2.75, 3.05) is 26.2 Å². The fraction of sp³-hybridized carbons (Fsp3) is 0.589. The third-order valence-electron chi connectivity index (χ3n) is 14.3. The van der Waals surface area contributed by atoms with E-state index in [4.69, 9.17) is 26.8 Å². The van der Waals surface area contributed by atoms with Gasteiger partial charge in [0.05, 0.1) is 45.8 Å². The summed E-state index contributed by atoms with van der Waals surface area (Å²) in [6.07, 6.45) is 0.261. The lowest BCUT2D eigenvalue weighted by Gasteiger charge is -2.38. The first-order valence-electron chi connectivity index (χ1n) is 26.8. The van der Waals surface area contributed by atoms with Gasteiger partial charge in [-0.15, -0.1) is 11.3 Å². The molecule has 3 fully saturated rings. The van der Waals surface area contributed by atoms with Gasteiger partial charge in [0.15, 0.2) is 0 Å². The van der Waals surface area contributed by atoms with Crippen LogP contribution < -0.4 is 31.7 Å². The van der Waals surface area contributed by atoms with Crippen LogP contribution in [0, 0.1) is 19.3 Å². The second-order valence-corrected chi connectivity index (χ2v) is 24.2. The van der Waals surface area contributed by atoms with Crippen LogP contribution >= 0.6 is 22.9 Å². The third kappa shape index (κ3) is 16.1. The first-order valence-corrected chi connectivity index (χ1v) is 28.0. The number of amides is 8. The molecular weight excluding hydrogens is 1040 g/mol. The van der Waals surface area contributed by atoms with Crippen LogP contribution in [-0.4, -0.2) is 146 Å². The second kappa shape index (κ2) is 26.1. The van der Waals surface area contributed by atoms with Crippen LogP contribution in [0.25, 0.3) is 10.4 Å². The van der Waals surface area contributed by atoms with E-state index >= 15 is 0 Å². The number of nitrogens with one attached hydrogen (secondary N) is 4. The number of β-amino-alcohol motifs (C(OH)–C–C–N with tert-alkyl or cyclic N) is 1. The Morgan fingerprint density at radius 1 is 0.923 bits per heavy atom. The molecule has 20 nitrogen and oxygen atoms in total. The van der Waals surface area contributed by atoms with Gasteiger partial charge in [0, 0.05) is 45.3 Å². The van der Waals surface area contributed by atoms with Crippen LogP contribution in [0.15, 0.2) is 41.9 Å². The minimum Gasteiger partial charge on any atom is -0.490 e. The molecule has 22 heteroatoms. The Morgan fingerprint density at radius 2 is 1.62 bits per heavy atom. The van der Waals surface area contributed by atoms with Crippen molar-refractivity contribution in [1.82, 2.24) is 41.0 Å². The molecule has 1 aromatic heterocycles. The van der Waals surface area contributed by atoms with Crippen molar-refractivity contribution in [1.29, 1.82) is 0 Å². The number of hydrogen-bond donors (Lipinski definition) is 6. The highest BCUT2D eigenvalue weighted by Gasteiger charge is 2.47. The van der Waals surface area contributed by atoms with Crippen molar-refractivity contribution in [3.63, 3.8) is 0 Å². The number of carbonyl (C=O) groups is 8. The van der Waals surface area contributed by atoms with Gasteiger partial charge in [-0.3, -0.25) is 33.6 Å². The lowest BCUT2D eigenvalue weighted by molar-refractivity contribution is -0.145. The van der Waals surface area contributed by atoms with E-state index in [0.29, 0.717) is 50.0 Å². The van der Waals surface area contributed by atoms with Gasteiger partial charge in [0.2, 0.25) is 41.4 Å². The summed E-state index contributed by atoms with van der Waals surface area (Å²) in [6, 6.07) is 5.87. The van der Waals surface area contributed by atoms with Crippen LogP contribution in [0.5, 0.6) is 5.75 Å². The third-order valence-corrected chi connectivity index (χ3v) is 15.7. The minimum atomic E-state index is -1.18. The number of benzene rings is 2. The van der Waals surface area contributed by atoms with Crippen LogP contribution in [-0.2, 0) is 44.7 Å². The van der Waals surface area contributed by atoms with Crippen LogP contribution in [0.1, 0.15) is 135 Å². The number of hydrogen-bond acceptors (Lipinski definition) is 13.